The van der Waals surface area contributed by atoms with Gasteiger partial charge in [0.25, 0.3) is 0 Å². The normalized spacial score (nSPS) is 22.9. The van der Waals surface area contributed by atoms with Crippen molar-refractivity contribution in [3.05, 3.63) is 34.9 Å². The maximum Gasteiger partial charge on any atom is 0.0552 e. The van der Waals surface area contributed by atoms with Gasteiger partial charge in [0.15, 0.2) is 0 Å². The van der Waals surface area contributed by atoms with E-state index < -0.39 is 0 Å². The molecule has 0 bridgehead atoms. The molecule has 1 N–H and O–H groups in total. The Hall–Kier alpha value is -0.860. The lowest BCUT2D eigenvalue weighted by Crippen LogP contribution is -2.24. The van der Waals surface area contributed by atoms with Crippen molar-refractivity contribution in [1.82, 2.24) is 4.90 Å². The molecule has 0 aromatic heterocycles. The van der Waals surface area contributed by atoms with Crippen LogP contribution in [0.2, 0.25) is 0 Å². The highest BCUT2D eigenvalue weighted by molar-refractivity contribution is 5.30. The summed E-state index contributed by atoms with van der Waals surface area (Å²) < 4.78 is 0. The highest BCUT2D eigenvalue weighted by atomic mass is 16.3. The number of aliphatic hydroxyl groups is 1. The van der Waals surface area contributed by atoms with Gasteiger partial charge in [-0.25, -0.2) is 0 Å². The fourth-order valence-corrected chi connectivity index (χ4v) is 2.66. The Morgan fingerprint density at radius 1 is 1.41 bits per heavy atom. The van der Waals surface area contributed by atoms with Crippen LogP contribution in [0.5, 0.6) is 0 Å². The third kappa shape index (κ3) is 3.08. The van der Waals surface area contributed by atoms with E-state index in [4.69, 9.17) is 0 Å². The molecule has 0 radical (unpaired) electrons. The third-order valence-electron chi connectivity index (χ3n) is 3.88. The summed E-state index contributed by atoms with van der Waals surface area (Å²) in [5, 5.41) is 9.60. The lowest BCUT2D eigenvalue weighted by molar-refractivity contribution is 0.127. The van der Waals surface area contributed by atoms with Gasteiger partial charge >= 0.3 is 0 Å². The third-order valence-corrected chi connectivity index (χ3v) is 3.88. The van der Waals surface area contributed by atoms with E-state index >= 15 is 0 Å². The van der Waals surface area contributed by atoms with Crippen LogP contribution in [0.3, 0.4) is 0 Å². The summed E-state index contributed by atoms with van der Waals surface area (Å²) in [6.07, 6.45) is 0.960. The molecule has 2 nitrogen and oxygen atoms in total. The molecule has 2 heteroatoms. The number of rotatable bonds is 3. The van der Waals surface area contributed by atoms with Crippen LogP contribution < -0.4 is 0 Å². The molecule has 0 amide bonds. The molecule has 1 fully saturated rings. The van der Waals surface area contributed by atoms with Crippen LogP contribution >= 0.6 is 0 Å². The van der Waals surface area contributed by atoms with E-state index in [9.17, 15) is 5.11 Å². The molecule has 0 saturated carbocycles. The van der Waals surface area contributed by atoms with E-state index in [2.05, 4.69) is 36.9 Å². The molecule has 0 spiro atoms. The van der Waals surface area contributed by atoms with Crippen molar-refractivity contribution in [2.24, 2.45) is 5.92 Å². The van der Waals surface area contributed by atoms with Gasteiger partial charge in [-0.15, -0.1) is 0 Å². The second kappa shape index (κ2) is 5.19. The lowest BCUT2D eigenvalue weighted by atomic mass is 10.0. The quantitative estimate of drug-likeness (QED) is 0.867. The van der Waals surface area contributed by atoms with Crippen LogP contribution in [-0.4, -0.2) is 29.2 Å². The van der Waals surface area contributed by atoms with Gasteiger partial charge < -0.3 is 5.11 Å². The molecule has 1 heterocycles. The summed E-state index contributed by atoms with van der Waals surface area (Å²) in [5.41, 5.74) is 4.13. The van der Waals surface area contributed by atoms with Crippen LogP contribution in [-0.2, 0) is 6.54 Å². The van der Waals surface area contributed by atoms with Crippen LogP contribution in [0, 0.1) is 19.8 Å². The van der Waals surface area contributed by atoms with Crippen molar-refractivity contribution in [3.8, 4) is 0 Å². The maximum atomic E-state index is 9.60. The van der Waals surface area contributed by atoms with E-state index in [1.165, 1.54) is 16.7 Å². The second-order valence-corrected chi connectivity index (χ2v) is 5.45. The summed E-state index contributed by atoms with van der Waals surface area (Å²) in [4.78, 5) is 2.45. The van der Waals surface area contributed by atoms with Gasteiger partial charge in [0.1, 0.15) is 0 Å². The Morgan fingerprint density at radius 3 is 2.76 bits per heavy atom. The van der Waals surface area contributed by atoms with Gasteiger partial charge in [-0.3, -0.25) is 4.90 Å². The minimum Gasteiger partial charge on any atom is -0.393 e. The van der Waals surface area contributed by atoms with Crippen molar-refractivity contribution in [2.45, 2.75) is 39.8 Å². The van der Waals surface area contributed by atoms with Crippen LogP contribution in [0.1, 0.15) is 30.0 Å². The number of hydrogen-bond donors (Lipinski definition) is 1. The van der Waals surface area contributed by atoms with E-state index in [1.807, 2.05) is 6.92 Å². The molecule has 1 saturated heterocycles. The molecule has 2 unspecified atom stereocenters. The average Bonchev–Trinajstić information content (AvgIpc) is 2.71. The molecular weight excluding hydrogens is 210 g/mol. The number of aliphatic hydroxyl groups excluding tert-OH is 1. The minimum atomic E-state index is -0.167. The van der Waals surface area contributed by atoms with E-state index in [-0.39, 0.29) is 6.10 Å². The lowest BCUT2D eigenvalue weighted by Gasteiger charge is -2.18. The molecule has 94 valence electrons. The van der Waals surface area contributed by atoms with Gasteiger partial charge in [0.2, 0.25) is 0 Å². The summed E-state index contributed by atoms with van der Waals surface area (Å²) >= 11 is 0. The largest absolute Gasteiger partial charge is 0.393 e. The molecule has 1 aromatic rings. The number of nitrogens with zero attached hydrogens (tertiary/aromatic N) is 1. The van der Waals surface area contributed by atoms with Crippen molar-refractivity contribution in [2.75, 3.05) is 13.1 Å². The number of likely N-dealkylation sites (tertiary alicyclic amines) is 1. The first-order chi connectivity index (χ1) is 8.06. The fraction of sp³-hybridized carbons (Fsp3) is 0.600. The Balaban J connectivity index is 1.98. The highest BCUT2D eigenvalue weighted by Crippen LogP contribution is 2.22. The zero-order chi connectivity index (χ0) is 12.4. The van der Waals surface area contributed by atoms with Crippen LogP contribution in [0.25, 0.3) is 0 Å². The molecule has 0 aliphatic carbocycles. The van der Waals surface area contributed by atoms with E-state index in [1.54, 1.807) is 0 Å². The standard InChI is InChI=1S/C15H23NO/c1-11-4-5-14(12(2)8-11)9-16-7-6-15(10-16)13(3)17/h4-5,8,13,15,17H,6-7,9-10H2,1-3H3. The van der Waals surface area contributed by atoms with E-state index in [0.29, 0.717) is 5.92 Å². The molecule has 1 aromatic carbocycles. The monoisotopic (exact) mass is 233 g/mol. The molecule has 17 heavy (non-hydrogen) atoms. The second-order valence-electron chi connectivity index (χ2n) is 5.45. The predicted octanol–water partition coefficient (Wildman–Crippen LogP) is 2.51. The Labute approximate surface area is 104 Å². The van der Waals surface area contributed by atoms with E-state index in [0.717, 1.165) is 26.1 Å². The van der Waals surface area contributed by atoms with Gasteiger partial charge in [-0.2, -0.15) is 0 Å². The van der Waals surface area contributed by atoms with Crippen molar-refractivity contribution >= 4 is 0 Å². The molecule has 2 rings (SSSR count). The van der Waals surface area contributed by atoms with Crippen LogP contribution in [0.4, 0.5) is 0 Å². The minimum absolute atomic E-state index is 0.167. The maximum absolute atomic E-state index is 9.60. The SMILES string of the molecule is Cc1ccc(CN2CCC(C(C)O)C2)c(C)c1. The fourth-order valence-electron chi connectivity index (χ4n) is 2.66. The topological polar surface area (TPSA) is 23.5 Å². The average molecular weight is 233 g/mol. The van der Waals surface area contributed by atoms with Crippen molar-refractivity contribution < 1.29 is 5.11 Å². The first kappa shape index (κ1) is 12.6. The zero-order valence-corrected chi connectivity index (χ0v) is 11.1. The number of aryl methyl sites for hydroxylation is 2. The molecule has 1 aliphatic heterocycles. The van der Waals surface area contributed by atoms with Gasteiger partial charge in [-0.05, 0) is 50.8 Å². The van der Waals surface area contributed by atoms with Crippen molar-refractivity contribution in [1.29, 1.82) is 0 Å². The van der Waals surface area contributed by atoms with Gasteiger partial charge in [-0.1, -0.05) is 23.8 Å². The molecule has 2 atom stereocenters. The Bertz CT molecular complexity index is 387. The summed E-state index contributed by atoms with van der Waals surface area (Å²) in [7, 11) is 0. The summed E-state index contributed by atoms with van der Waals surface area (Å²) in [6.45, 7) is 9.40. The zero-order valence-electron chi connectivity index (χ0n) is 11.1. The number of hydrogen-bond acceptors (Lipinski definition) is 2. The number of benzene rings is 1. The first-order valence-electron chi connectivity index (χ1n) is 6.53. The predicted molar refractivity (Wildman–Crippen MR) is 71.0 cm³/mol. The van der Waals surface area contributed by atoms with Crippen LogP contribution in [0.15, 0.2) is 18.2 Å². The van der Waals surface area contributed by atoms with Gasteiger partial charge in [0.05, 0.1) is 6.10 Å². The van der Waals surface area contributed by atoms with Gasteiger partial charge in [0, 0.05) is 13.1 Å². The summed E-state index contributed by atoms with van der Waals surface area (Å²) in [6, 6.07) is 6.67. The van der Waals surface area contributed by atoms with Crippen molar-refractivity contribution in [3.63, 3.8) is 0 Å². The highest BCUT2D eigenvalue weighted by Gasteiger charge is 2.25. The Kier molecular flexibility index (Phi) is 3.85. The molecular formula is C15H23NO. The Morgan fingerprint density at radius 2 is 2.18 bits per heavy atom. The summed E-state index contributed by atoms with van der Waals surface area (Å²) in [5.74, 6) is 0.459. The molecule has 1 aliphatic rings. The first-order valence-corrected chi connectivity index (χ1v) is 6.53. The smallest absolute Gasteiger partial charge is 0.0552 e.